The summed E-state index contributed by atoms with van der Waals surface area (Å²) >= 11 is 8.95. The van der Waals surface area contributed by atoms with Gasteiger partial charge in [-0.15, -0.1) is 0 Å². The van der Waals surface area contributed by atoms with Crippen LogP contribution >= 0.6 is 27.5 Å². The Morgan fingerprint density at radius 3 is 2.78 bits per heavy atom. The smallest absolute Gasteiger partial charge is 0.0488 e. The van der Waals surface area contributed by atoms with E-state index in [-0.39, 0.29) is 0 Å². The molecule has 0 N–H and O–H groups in total. The summed E-state index contributed by atoms with van der Waals surface area (Å²) in [4.78, 5) is 0. The van der Waals surface area contributed by atoms with Crippen LogP contribution < -0.4 is 0 Å². The lowest BCUT2D eigenvalue weighted by Gasteiger charge is -1.91. The molecule has 47 valence electrons. The van der Waals surface area contributed by atoms with Crippen LogP contribution in [0.15, 0.2) is 18.2 Å². The van der Waals surface area contributed by atoms with Gasteiger partial charge in [0.1, 0.15) is 0 Å². The molecular weight excluding hydrogens is 199 g/mol. The van der Waals surface area contributed by atoms with E-state index in [4.69, 9.17) is 11.6 Å². The lowest BCUT2D eigenvalue weighted by atomic mass is 10.2. The minimum absolute atomic E-state index is 0.673. The molecule has 0 spiro atoms. The highest BCUT2D eigenvalue weighted by molar-refractivity contribution is 9.08. The van der Waals surface area contributed by atoms with Crippen molar-refractivity contribution in [2.45, 2.75) is 5.33 Å². The van der Waals surface area contributed by atoms with Gasteiger partial charge in [0, 0.05) is 16.4 Å². The van der Waals surface area contributed by atoms with Gasteiger partial charge < -0.3 is 0 Å². The molecule has 1 aromatic carbocycles. The van der Waals surface area contributed by atoms with E-state index in [1.807, 2.05) is 18.2 Å². The van der Waals surface area contributed by atoms with Crippen LogP contribution in [0.1, 0.15) is 5.56 Å². The summed E-state index contributed by atoms with van der Waals surface area (Å²) in [5, 5.41) is 1.49. The minimum atomic E-state index is 0.673. The first-order valence-electron chi connectivity index (χ1n) is 2.55. The molecule has 1 rings (SSSR count). The van der Waals surface area contributed by atoms with E-state index in [2.05, 4.69) is 22.0 Å². The second kappa shape index (κ2) is 3.23. The van der Waals surface area contributed by atoms with E-state index in [1.165, 1.54) is 0 Å². The Bertz CT molecular complexity index is 198. The van der Waals surface area contributed by atoms with Gasteiger partial charge in [0.2, 0.25) is 0 Å². The lowest BCUT2D eigenvalue weighted by Crippen LogP contribution is -1.74. The number of hydrogen-bond donors (Lipinski definition) is 0. The Labute approximate surface area is 68.0 Å². The monoisotopic (exact) mass is 203 g/mol. The van der Waals surface area contributed by atoms with Crippen molar-refractivity contribution in [3.8, 4) is 0 Å². The molecule has 0 amide bonds. The minimum Gasteiger partial charge on any atom is -0.0876 e. The molecule has 0 aliphatic heterocycles. The summed E-state index contributed by atoms with van der Waals surface area (Å²) in [7, 11) is 0. The molecular formula is C7H5BrCl. The fourth-order valence-electron chi connectivity index (χ4n) is 0.563. The Hall–Kier alpha value is -0.0100. The van der Waals surface area contributed by atoms with Crippen LogP contribution in [0.3, 0.4) is 0 Å². The number of halogens is 2. The topological polar surface area (TPSA) is 0 Å². The first kappa shape index (κ1) is 7.10. The molecule has 2 heteroatoms. The van der Waals surface area contributed by atoms with Gasteiger partial charge in [-0.1, -0.05) is 39.7 Å². The molecule has 1 radical (unpaired) electrons. The predicted octanol–water partition coefficient (Wildman–Crippen LogP) is 3.04. The van der Waals surface area contributed by atoms with E-state index in [1.54, 1.807) is 0 Å². The van der Waals surface area contributed by atoms with Gasteiger partial charge in [0.15, 0.2) is 0 Å². The van der Waals surface area contributed by atoms with Crippen LogP contribution in [0.25, 0.3) is 0 Å². The fourth-order valence-corrected chi connectivity index (χ4v) is 1.08. The molecule has 0 atom stereocenters. The molecule has 0 bridgehead atoms. The van der Waals surface area contributed by atoms with Crippen molar-refractivity contribution in [3.05, 3.63) is 34.9 Å². The molecule has 0 unspecified atom stereocenters. The van der Waals surface area contributed by atoms with Crippen molar-refractivity contribution in [1.29, 1.82) is 0 Å². The zero-order valence-electron chi connectivity index (χ0n) is 4.70. The number of benzene rings is 1. The third-order valence-electron chi connectivity index (χ3n) is 0.964. The summed E-state index contributed by atoms with van der Waals surface area (Å²) in [5.74, 6) is 0. The molecule has 9 heavy (non-hydrogen) atoms. The third-order valence-corrected chi connectivity index (χ3v) is 1.79. The largest absolute Gasteiger partial charge is 0.0876 e. The predicted molar refractivity (Wildman–Crippen MR) is 42.9 cm³/mol. The highest BCUT2D eigenvalue weighted by Gasteiger charge is 1.89. The second-order valence-electron chi connectivity index (χ2n) is 1.66. The van der Waals surface area contributed by atoms with Gasteiger partial charge in [-0.2, -0.15) is 0 Å². The summed E-state index contributed by atoms with van der Waals surface area (Å²) in [5.41, 5.74) is 1.09. The first-order chi connectivity index (χ1) is 4.33. The standard InChI is InChI=1S/C7H5BrCl/c8-5-6-2-1-3-7(9)4-6/h1-3H,5H2. The van der Waals surface area contributed by atoms with Gasteiger partial charge >= 0.3 is 0 Å². The van der Waals surface area contributed by atoms with Gasteiger partial charge in [-0.25, -0.2) is 0 Å². The van der Waals surface area contributed by atoms with Crippen LogP contribution in [-0.2, 0) is 5.33 Å². The average Bonchev–Trinajstić information content (AvgIpc) is 1.88. The Kier molecular flexibility index (Phi) is 2.55. The van der Waals surface area contributed by atoms with Crippen LogP contribution in [0.2, 0.25) is 5.02 Å². The maximum Gasteiger partial charge on any atom is 0.0488 e. The van der Waals surface area contributed by atoms with Crippen molar-refractivity contribution in [2.75, 3.05) is 0 Å². The lowest BCUT2D eigenvalue weighted by molar-refractivity contribution is 1.43. The van der Waals surface area contributed by atoms with E-state index >= 15 is 0 Å². The summed E-state index contributed by atoms with van der Waals surface area (Å²) in [6.07, 6.45) is 0. The van der Waals surface area contributed by atoms with Crippen molar-refractivity contribution in [2.24, 2.45) is 0 Å². The number of hydrogen-bond acceptors (Lipinski definition) is 0. The Morgan fingerprint density at radius 1 is 1.56 bits per heavy atom. The Morgan fingerprint density at radius 2 is 2.33 bits per heavy atom. The summed E-state index contributed by atoms with van der Waals surface area (Å²) in [6, 6.07) is 8.67. The quantitative estimate of drug-likeness (QED) is 0.617. The first-order valence-corrected chi connectivity index (χ1v) is 4.05. The van der Waals surface area contributed by atoms with Gasteiger partial charge in [-0.3, -0.25) is 0 Å². The summed E-state index contributed by atoms with van der Waals surface area (Å²) in [6.45, 7) is 0. The SMILES string of the molecule is Clc1[c]c(CBr)ccc1. The number of rotatable bonds is 1. The normalized spacial score (nSPS) is 9.56. The van der Waals surface area contributed by atoms with Crippen LogP contribution in [-0.4, -0.2) is 0 Å². The van der Waals surface area contributed by atoms with E-state index < -0.39 is 0 Å². The fraction of sp³-hybridized carbons (Fsp3) is 0.143. The molecule has 0 fully saturated rings. The zero-order valence-corrected chi connectivity index (χ0v) is 7.04. The molecule has 0 aliphatic carbocycles. The summed E-state index contributed by atoms with van der Waals surface area (Å²) < 4.78 is 0. The molecule has 0 saturated heterocycles. The average molecular weight is 204 g/mol. The van der Waals surface area contributed by atoms with Crippen molar-refractivity contribution in [3.63, 3.8) is 0 Å². The van der Waals surface area contributed by atoms with Crippen molar-refractivity contribution in [1.82, 2.24) is 0 Å². The molecule has 0 nitrogen and oxygen atoms in total. The van der Waals surface area contributed by atoms with Crippen molar-refractivity contribution < 1.29 is 0 Å². The molecule has 0 saturated carbocycles. The van der Waals surface area contributed by atoms with E-state index in [9.17, 15) is 0 Å². The van der Waals surface area contributed by atoms with E-state index in [0.717, 1.165) is 10.9 Å². The Balaban J connectivity index is 2.94. The maximum atomic E-state index is 5.65. The van der Waals surface area contributed by atoms with Gasteiger partial charge in [0.05, 0.1) is 0 Å². The van der Waals surface area contributed by atoms with Gasteiger partial charge in [-0.05, 0) is 11.6 Å². The third kappa shape index (κ3) is 1.99. The van der Waals surface area contributed by atoms with Crippen LogP contribution in [0, 0.1) is 6.07 Å². The second-order valence-corrected chi connectivity index (χ2v) is 2.63. The van der Waals surface area contributed by atoms with Gasteiger partial charge in [0.25, 0.3) is 0 Å². The molecule has 0 heterocycles. The zero-order chi connectivity index (χ0) is 6.69. The van der Waals surface area contributed by atoms with Crippen LogP contribution in [0.4, 0.5) is 0 Å². The number of alkyl halides is 1. The molecule has 1 aromatic rings. The van der Waals surface area contributed by atoms with Crippen molar-refractivity contribution >= 4 is 27.5 Å². The highest BCUT2D eigenvalue weighted by atomic mass is 79.9. The molecule has 0 aromatic heterocycles. The highest BCUT2D eigenvalue weighted by Crippen LogP contribution is 2.11. The molecule has 0 aliphatic rings. The van der Waals surface area contributed by atoms with E-state index in [0.29, 0.717) is 5.02 Å². The van der Waals surface area contributed by atoms with Crippen LogP contribution in [0.5, 0.6) is 0 Å². The maximum absolute atomic E-state index is 5.65.